The SMILES string of the molecule is CC1=C[C@H]2C[C@H]2[C@H](O)[C@H]1O. The smallest absolute Gasteiger partial charge is 0.101 e. The van der Waals surface area contributed by atoms with Gasteiger partial charge in [-0.05, 0) is 30.8 Å². The largest absolute Gasteiger partial charge is 0.390 e. The van der Waals surface area contributed by atoms with Crippen LogP contribution in [0.25, 0.3) is 0 Å². The Hall–Kier alpha value is -0.340. The van der Waals surface area contributed by atoms with Crippen LogP contribution in [0.4, 0.5) is 0 Å². The summed E-state index contributed by atoms with van der Waals surface area (Å²) in [5.41, 5.74) is 0.936. The van der Waals surface area contributed by atoms with Crippen LogP contribution in [-0.4, -0.2) is 22.4 Å². The summed E-state index contributed by atoms with van der Waals surface area (Å²) in [6, 6.07) is 0. The molecule has 4 atom stereocenters. The second kappa shape index (κ2) is 1.83. The van der Waals surface area contributed by atoms with Crippen molar-refractivity contribution in [2.24, 2.45) is 11.8 Å². The van der Waals surface area contributed by atoms with Gasteiger partial charge in [0.25, 0.3) is 0 Å². The average molecular weight is 140 g/mol. The normalized spacial score (nSPS) is 51.7. The highest BCUT2D eigenvalue weighted by Crippen LogP contribution is 2.47. The number of hydrogen-bond acceptors (Lipinski definition) is 2. The number of rotatable bonds is 0. The topological polar surface area (TPSA) is 40.5 Å². The second-order valence-corrected chi connectivity index (χ2v) is 3.41. The van der Waals surface area contributed by atoms with E-state index >= 15 is 0 Å². The van der Waals surface area contributed by atoms with Crippen LogP contribution in [0.15, 0.2) is 11.6 Å². The van der Waals surface area contributed by atoms with Gasteiger partial charge < -0.3 is 10.2 Å². The van der Waals surface area contributed by atoms with Gasteiger partial charge in [-0.1, -0.05) is 6.08 Å². The van der Waals surface area contributed by atoms with Crippen LogP contribution in [0.5, 0.6) is 0 Å². The maximum absolute atomic E-state index is 9.37. The molecule has 0 aliphatic heterocycles. The van der Waals surface area contributed by atoms with Gasteiger partial charge in [-0.3, -0.25) is 0 Å². The Balaban J connectivity index is 2.23. The first kappa shape index (κ1) is 6.38. The third-order valence-corrected chi connectivity index (χ3v) is 2.60. The molecule has 0 heterocycles. The van der Waals surface area contributed by atoms with Crippen LogP contribution >= 0.6 is 0 Å². The quantitative estimate of drug-likeness (QED) is 0.475. The summed E-state index contributed by atoms with van der Waals surface area (Å²) in [5, 5.41) is 18.7. The first-order valence-electron chi connectivity index (χ1n) is 3.74. The predicted molar refractivity (Wildman–Crippen MR) is 37.4 cm³/mol. The average Bonchev–Trinajstić information content (AvgIpc) is 2.62. The highest BCUT2D eigenvalue weighted by Gasteiger charge is 2.47. The number of hydrogen-bond donors (Lipinski definition) is 2. The van der Waals surface area contributed by atoms with Crippen molar-refractivity contribution in [2.45, 2.75) is 25.6 Å². The zero-order valence-electron chi connectivity index (χ0n) is 5.99. The summed E-state index contributed by atoms with van der Waals surface area (Å²) in [4.78, 5) is 0. The van der Waals surface area contributed by atoms with Gasteiger partial charge in [-0.25, -0.2) is 0 Å². The lowest BCUT2D eigenvalue weighted by Gasteiger charge is -2.21. The zero-order chi connectivity index (χ0) is 7.30. The zero-order valence-corrected chi connectivity index (χ0v) is 5.99. The van der Waals surface area contributed by atoms with Crippen LogP contribution in [0, 0.1) is 11.8 Å². The summed E-state index contributed by atoms with van der Waals surface area (Å²) in [7, 11) is 0. The van der Waals surface area contributed by atoms with Crippen LogP contribution in [-0.2, 0) is 0 Å². The third-order valence-electron chi connectivity index (χ3n) is 2.60. The van der Waals surface area contributed by atoms with Crippen molar-refractivity contribution in [3.63, 3.8) is 0 Å². The van der Waals surface area contributed by atoms with Crippen LogP contribution in [0.3, 0.4) is 0 Å². The van der Waals surface area contributed by atoms with E-state index in [0.717, 1.165) is 12.0 Å². The Morgan fingerprint density at radius 2 is 2.20 bits per heavy atom. The van der Waals surface area contributed by atoms with Gasteiger partial charge in [0, 0.05) is 0 Å². The van der Waals surface area contributed by atoms with Crippen molar-refractivity contribution in [1.82, 2.24) is 0 Å². The molecule has 0 saturated heterocycles. The van der Waals surface area contributed by atoms with E-state index < -0.39 is 12.2 Å². The maximum Gasteiger partial charge on any atom is 0.101 e. The van der Waals surface area contributed by atoms with Gasteiger partial charge >= 0.3 is 0 Å². The first-order chi connectivity index (χ1) is 4.70. The van der Waals surface area contributed by atoms with E-state index in [0.29, 0.717) is 11.8 Å². The highest BCUT2D eigenvalue weighted by molar-refractivity contribution is 5.21. The molecule has 0 radical (unpaired) electrons. The monoisotopic (exact) mass is 140 g/mol. The third kappa shape index (κ3) is 0.724. The lowest BCUT2D eigenvalue weighted by molar-refractivity contribution is 0.0204. The molecule has 0 unspecified atom stereocenters. The molecule has 2 heteroatoms. The minimum atomic E-state index is -0.594. The number of aliphatic hydroxyl groups excluding tert-OH is 2. The van der Waals surface area contributed by atoms with Gasteiger partial charge in [-0.15, -0.1) is 0 Å². The summed E-state index contributed by atoms with van der Waals surface area (Å²) in [6.45, 7) is 1.88. The van der Waals surface area contributed by atoms with Crippen LogP contribution in [0.2, 0.25) is 0 Å². The Morgan fingerprint density at radius 3 is 2.90 bits per heavy atom. The van der Waals surface area contributed by atoms with E-state index in [9.17, 15) is 10.2 Å². The lowest BCUT2D eigenvalue weighted by Crippen LogP contribution is -2.31. The number of fused-ring (bicyclic) bond motifs is 1. The fourth-order valence-corrected chi connectivity index (χ4v) is 1.76. The molecule has 0 bridgehead atoms. The van der Waals surface area contributed by atoms with Gasteiger partial charge in [-0.2, -0.15) is 0 Å². The van der Waals surface area contributed by atoms with E-state index in [1.807, 2.05) is 6.92 Å². The van der Waals surface area contributed by atoms with Crippen LogP contribution < -0.4 is 0 Å². The maximum atomic E-state index is 9.37. The van der Waals surface area contributed by atoms with Gasteiger partial charge in [0.2, 0.25) is 0 Å². The fourth-order valence-electron chi connectivity index (χ4n) is 1.76. The minimum Gasteiger partial charge on any atom is -0.390 e. The van der Waals surface area contributed by atoms with Crippen molar-refractivity contribution >= 4 is 0 Å². The first-order valence-corrected chi connectivity index (χ1v) is 3.74. The molecular weight excluding hydrogens is 128 g/mol. The summed E-state index contributed by atoms with van der Waals surface area (Å²) in [5.74, 6) is 0.928. The molecule has 10 heavy (non-hydrogen) atoms. The predicted octanol–water partition coefficient (Wildman–Crippen LogP) is 0.304. The van der Waals surface area contributed by atoms with E-state index in [1.54, 1.807) is 0 Å². The van der Waals surface area contributed by atoms with E-state index in [-0.39, 0.29) is 0 Å². The Labute approximate surface area is 60.2 Å². The molecule has 1 fully saturated rings. The van der Waals surface area contributed by atoms with Gasteiger partial charge in [0.05, 0.1) is 6.10 Å². The molecule has 56 valence electrons. The standard InChI is InChI=1S/C8H12O2/c1-4-2-5-3-6(5)8(10)7(4)9/h2,5-10H,3H2,1H3/t5-,6+,7-,8-/m0/s1. The van der Waals surface area contributed by atoms with E-state index in [2.05, 4.69) is 6.08 Å². The van der Waals surface area contributed by atoms with Crippen LogP contribution in [0.1, 0.15) is 13.3 Å². The molecule has 0 aromatic carbocycles. The Bertz CT molecular complexity index is 186. The molecule has 2 rings (SSSR count). The molecule has 0 aromatic heterocycles. The molecule has 2 aliphatic rings. The Kier molecular flexibility index (Phi) is 1.17. The van der Waals surface area contributed by atoms with Crippen molar-refractivity contribution in [3.05, 3.63) is 11.6 Å². The molecule has 1 saturated carbocycles. The van der Waals surface area contributed by atoms with Crippen molar-refractivity contribution in [1.29, 1.82) is 0 Å². The highest BCUT2D eigenvalue weighted by atomic mass is 16.3. The molecule has 0 amide bonds. The molecule has 2 aliphatic carbocycles. The van der Waals surface area contributed by atoms with Crippen molar-refractivity contribution in [2.75, 3.05) is 0 Å². The summed E-state index contributed by atoms with van der Waals surface area (Å²) >= 11 is 0. The second-order valence-electron chi connectivity index (χ2n) is 3.41. The molecular formula is C8H12O2. The molecule has 2 nitrogen and oxygen atoms in total. The Morgan fingerprint density at radius 1 is 1.50 bits per heavy atom. The summed E-state index contributed by atoms with van der Waals surface area (Å²) in [6.07, 6.45) is 2.07. The van der Waals surface area contributed by atoms with E-state index in [1.165, 1.54) is 0 Å². The summed E-state index contributed by atoms with van der Waals surface area (Å²) < 4.78 is 0. The van der Waals surface area contributed by atoms with Crippen molar-refractivity contribution in [3.8, 4) is 0 Å². The molecule has 0 aromatic rings. The lowest BCUT2D eigenvalue weighted by atomic mass is 9.95. The fraction of sp³-hybridized carbons (Fsp3) is 0.750. The molecule has 2 N–H and O–H groups in total. The van der Waals surface area contributed by atoms with Gasteiger partial charge in [0.1, 0.15) is 6.10 Å². The molecule has 0 spiro atoms. The number of allylic oxidation sites excluding steroid dienone is 1. The van der Waals surface area contributed by atoms with Gasteiger partial charge in [0.15, 0.2) is 0 Å². The van der Waals surface area contributed by atoms with Crippen molar-refractivity contribution < 1.29 is 10.2 Å². The minimum absolute atomic E-state index is 0.360. The number of aliphatic hydroxyl groups is 2. The van der Waals surface area contributed by atoms with E-state index in [4.69, 9.17) is 0 Å².